The molecule has 174 valence electrons. The minimum atomic E-state index is -0.691. The van der Waals surface area contributed by atoms with Gasteiger partial charge in [0.25, 0.3) is 5.91 Å². The van der Waals surface area contributed by atoms with Gasteiger partial charge in [0, 0.05) is 29.5 Å². The first kappa shape index (κ1) is 22.6. The van der Waals surface area contributed by atoms with Gasteiger partial charge in [-0.3, -0.25) is 14.0 Å². The summed E-state index contributed by atoms with van der Waals surface area (Å²) >= 11 is 7.52. The summed E-state index contributed by atoms with van der Waals surface area (Å²) < 4.78 is 1.88. The maximum absolute atomic E-state index is 12.6. The van der Waals surface area contributed by atoms with Gasteiger partial charge in [0.15, 0.2) is 4.96 Å². The number of thiazole rings is 1. The van der Waals surface area contributed by atoms with E-state index in [-0.39, 0.29) is 12.3 Å². The SMILES string of the molecule is O=C(O)CC1CCC(c2ccc(-c3cn4cc(C(=O)Nc5cccc(Cl)c5)nc4s3)cc2)CC1. The molecular formula is C26H24ClN3O3S. The lowest BCUT2D eigenvalue weighted by molar-refractivity contribution is -0.138. The molecule has 2 aromatic carbocycles. The summed E-state index contributed by atoms with van der Waals surface area (Å²) in [7, 11) is 0. The van der Waals surface area contributed by atoms with Gasteiger partial charge in [-0.15, -0.1) is 0 Å². The first-order valence-electron chi connectivity index (χ1n) is 11.3. The monoisotopic (exact) mass is 493 g/mol. The standard InChI is InChI=1S/C26H24ClN3O3S/c27-20-2-1-3-21(13-20)28-25(33)22-14-30-15-23(34-26(30)29-22)19-10-8-18(9-11-19)17-6-4-16(5-7-17)12-24(31)32/h1-3,8-11,13-17H,4-7,12H2,(H,28,33)(H,31,32). The number of nitrogens with one attached hydrogen (secondary N) is 1. The second-order valence-electron chi connectivity index (χ2n) is 8.81. The van der Waals surface area contributed by atoms with Crippen molar-refractivity contribution in [2.24, 2.45) is 5.92 Å². The van der Waals surface area contributed by atoms with Crippen LogP contribution in [0.2, 0.25) is 5.02 Å². The molecule has 1 fully saturated rings. The van der Waals surface area contributed by atoms with Crippen LogP contribution in [0.4, 0.5) is 5.69 Å². The zero-order valence-corrected chi connectivity index (χ0v) is 20.0. The molecule has 0 bridgehead atoms. The Bertz CT molecular complexity index is 1310. The largest absolute Gasteiger partial charge is 0.481 e. The zero-order valence-electron chi connectivity index (χ0n) is 18.4. The molecular weight excluding hydrogens is 470 g/mol. The topological polar surface area (TPSA) is 83.7 Å². The predicted molar refractivity (Wildman–Crippen MR) is 135 cm³/mol. The fourth-order valence-corrected chi connectivity index (χ4v) is 5.83. The number of rotatable bonds is 6. The van der Waals surface area contributed by atoms with Gasteiger partial charge in [-0.1, -0.05) is 53.3 Å². The Hall–Kier alpha value is -3.16. The quantitative estimate of drug-likeness (QED) is 0.312. The van der Waals surface area contributed by atoms with Crippen molar-refractivity contribution < 1.29 is 14.7 Å². The molecule has 1 aliphatic carbocycles. The lowest BCUT2D eigenvalue weighted by atomic mass is 9.77. The fraction of sp³-hybridized carbons (Fsp3) is 0.269. The number of aromatic nitrogens is 2. The van der Waals surface area contributed by atoms with Gasteiger partial charge in [0.2, 0.25) is 0 Å². The third-order valence-electron chi connectivity index (χ3n) is 6.45. The molecule has 8 heteroatoms. The second kappa shape index (κ2) is 9.60. The Balaban J connectivity index is 1.25. The normalized spacial score (nSPS) is 18.1. The number of aliphatic carboxylic acids is 1. The molecule has 0 saturated heterocycles. The summed E-state index contributed by atoms with van der Waals surface area (Å²) in [6.07, 6.45) is 8.07. The average molecular weight is 494 g/mol. The molecule has 5 rings (SSSR count). The van der Waals surface area contributed by atoms with Crippen LogP contribution in [0.5, 0.6) is 0 Å². The Morgan fingerprint density at radius 3 is 2.53 bits per heavy atom. The number of carbonyl (C=O) groups excluding carboxylic acids is 1. The van der Waals surface area contributed by atoms with Crippen molar-refractivity contribution in [2.45, 2.75) is 38.0 Å². The van der Waals surface area contributed by atoms with Gasteiger partial charge in [-0.05, 0) is 66.8 Å². The summed E-state index contributed by atoms with van der Waals surface area (Å²) in [5, 5.41) is 12.4. The number of carboxylic acid groups (broad SMARTS) is 1. The minimum Gasteiger partial charge on any atom is -0.481 e. The number of carboxylic acids is 1. The van der Waals surface area contributed by atoms with E-state index in [0.29, 0.717) is 28.2 Å². The summed E-state index contributed by atoms with van der Waals surface area (Å²) in [4.78, 5) is 29.8. The van der Waals surface area contributed by atoms with Crippen molar-refractivity contribution in [1.29, 1.82) is 0 Å². The highest BCUT2D eigenvalue weighted by Crippen LogP contribution is 2.38. The van der Waals surface area contributed by atoms with Gasteiger partial charge in [0.05, 0.1) is 4.88 Å². The third-order valence-corrected chi connectivity index (χ3v) is 7.73. The third kappa shape index (κ3) is 5.00. The van der Waals surface area contributed by atoms with Crippen molar-refractivity contribution in [2.75, 3.05) is 5.32 Å². The maximum Gasteiger partial charge on any atom is 0.303 e. The molecule has 0 atom stereocenters. The molecule has 6 nitrogen and oxygen atoms in total. The minimum absolute atomic E-state index is 0.276. The van der Waals surface area contributed by atoms with Crippen molar-refractivity contribution >= 4 is 45.5 Å². The number of anilines is 1. The molecule has 0 aliphatic heterocycles. The molecule has 1 aliphatic rings. The Morgan fingerprint density at radius 2 is 1.85 bits per heavy atom. The van der Waals surface area contributed by atoms with Crippen LogP contribution in [0.1, 0.15) is 54.1 Å². The second-order valence-corrected chi connectivity index (χ2v) is 10.3. The van der Waals surface area contributed by atoms with Crippen LogP contribution < -0.4 is 5.32 Å². The van der Waals surface area contributed by atoms with Crippen LogP contribution in [0.15, 0.2) is 60.9 Å². The molecule has 2 aromatic heterocycles. The van der Waals surface area contributed by atoms with E-state index in [1.165, 1.54) is 16.9 Å². The molecule has 0 radical (unpaired) electrons. The van der Waals surface area contributed by atoms with E-state index >= 15 is 0 Å². The number of hydrogen-bond acceptors (Lipinski definition) is 4. The summed E-state index contributed by atoms with van der Waals surface area (Å²) in [6.45, 7) is 0. The van der Waals surface area contributed by atoms with Gasteiger partial charge in [0.1, 0.15) is 5.69 Å². The van der Waals surface area contributed by atoms with E-state index in [2.05, 4.69) is 34.6 Å². The first-order valence-corrected chi connectivity index (χ1v) is 12.5. The molecule has 2 heterocycles. The van der Waals surface area contributed by atoms with Gasteiger partial charge in [-0.2, -0.15) is 0 Å². The molecule has 0 unspecified atom stereocenters. The Morgan fingerprint density at radius 1 is 1.09 bits per heavy atom. The van der Waals surface area contributed by atoms with E-state index < -0.39 is 5.97 Å². The highest BCUT2D eigenvalue weighted by atomic mass is 35.5. The molecule has 4 aromatic rings. The van der Waals surface area contributed by atoms with E-state index in [0.717, 1.165) is 41.1 Å². The zero-order chi connectivity index (χ0) is 23.7. The maximum atomic E-state index is 12.6. The highest BCUT2D eigenvalue weighted by Gasteiger charge is 2.24. The Kier molecular flexibility index (Phi) is 6.39. The van der Waals surface area contributed by atoms with Gasteiger partial charge in [-0.25, -0.2) is 4.98 Å². The number of halogens is 1. The van der Waals surface area contributed by atoms with E-state index in [1.54, 1.807) is 30.5 Å². The predicted octanol–water partition coefficient (Wildman–Crippen LogP) is 6.72. The number of nitrogens with zero attached hydrogens (tertiary/aromatic N) is 2. The molecule has 34 heavy (non-hydrogen) atoms. The molecule has 0 spiro atoms. The number of carbonyl (C=O) groups is 2. The van der Waals surface area contributed by atoms with E-state index in [4.69, 9.17) is 16.7 Å². The number of benzene rings is 2. The smallest absolute Gasteiger partial charge is 0.303 e. The summed E-state index contributed by atoms with van der Waals surface area (Å²) in [6, 6.07) is 15.7. The van der Waals surface area contributed by atoms with Crippen molar-refractivity contribution in [1.82, 2.24) is 9.38 Å². The Labute approximate surface area is 206 Å². The van der Waals surface area contributed by atoms with E-state index in [1.807, 2.05) is 10.6 Å². The number of hydrogen-bond donors (Lipinski definition) is 2. The number of imidazole rings is 1. The summed E-state index contributed by atoms with van der Waals surface area (Å²) in [5.41, 5.74) is 3.42. The van der Waals surface area contributed by atoms with Crippen LogP contribution in [-0.2, 0) is 4.79 Å². The van der Waals surface area contributed by atoms with Crippen LogP contribution in [0.25, 0.3) is 15.4 Å². The van der Waals surface area contributed by atoms with Crippen LogP contribution in [-0.4, -0.2) is 26.4 Å². The lowest BCUT2D eigenvalue weighted by Gasteiger charge is -2.28. The van der Waals surface area contributed by atoms with Crippen LogP contribution >= 0.6 is 22.9 Å². The van der Waals surface area contributed by atoms with Crippen LogP contribution in [0.3, 0.4) is 0 Å². The van der Waals surface area contributed by atoms with Crippen molar-refractivity contribution in [3.8, 4) is 10.4 Å². The average Bonchev–Trinajstić information content (AvgIpc) is 3.39. The number of amides is 1. The molecule has 1 saturated carbocycles. The number of fused-ring (bicyclic) bond motifs is 1. The van der Waals surface area contributed by atoms with Crippen molar-refractivity contribution in [3.05, 3.63) is 77.2 Å². The fourth-order valence-electron chi connectivity index (χ4n) is 4.67. The first-order chi connectivity index (χ1) is 16.4. The molecule has 2 N–H and O–H groups in total. The van der Waals surface area contributed by atoms with Crippen LogP contribution in [0, 0.1) is 5.92 Å². The summed E-state index contributed by atoms with van der Waals surface area (Å²) in [5.74, 6) is -0.153. The van der Waals surface area contributed by atoms with Gasteiger partial charge < -0.3 is 10.4 Å². The van der Waals surface area contributed by atoms with E-state index in [9.17, 15) is 9.59 Å². The molecule has 1 amide bonds. The highest BCUT2D eigenvalue weighted by molar-refractivity contribution is 7.20. The van der Waals surface area contributed by atoms with Gasteiger partial charge >= 0.3 is 5.97 Å². The lowest BCUT2D eigenvalue weighted by Crippen LogP contribution is -2.16. The van der Waals surface area contributed by atoms with Crippen molar-refractivity contribution in [3.63, 3.8) is 0 Å².